The summed E-state index contributed by atoms with van der Waals surface area (Å²) in [7, 11) is 0. The SMILES string of the molecule is O=C1OC2C(OCC2(O)O)C1=O. The lowest BCUT2D eigenvalue weighted by atomic mass is 10.1. The molecule has 0 radical (unpaired) electrons. The Morgan fingerprint density at radius 2 is 2.08 bits per heavy atom. The quantitative estimate of drug-likeness (QED) is 0.241. The molecular formula is C6H6O6. The van der Waals surface area contributed by atoms with E-state index < -0.39 is 36.4 Å². The molecule has 2 fully saturated rings. The van der Waals surface area contributed by atoms with Crippen LogP contribution in [0, 0.1) is 0 Å². The largest absolute Gasteiger partial charge is 0.447 e. The van der Waals surface area contributed by atoms with Crippen LogP contribution in [0.1, 0.15) is 0 Å². The maximum Gasteiger partial charge on any atom is 0.378 e. The van der Waals surface area contributed by atoms with Gasteiger partial charge in [0, 0.05) is 0 Å². The summed E-state index contributed by atoms with van der Waals surface area (Å²) in [6, 6.07) is 0. The lowest BCUT2D eigenvalue weighted by Gasteiger charge is -2.17. The maximum absolute atomic E-state index is 10.9. The molecule has 12 heavy (non-hydrogen) atoms. The number of ketones is 1. The van der Waals surface area contributed by atoms with E-state index >= 15 is 0 Å². The summed E-state index contributed by atoms with van der Waals surface area (Å²) < 4.78 is 9.08. The molecule has 0 amide bonds. The van der Waals surface area contributed by atoms with Crippen molar-refractivity contribution in [2.45, 2.75) is 18.0 Å². The molecule has 2 heterocycles. The van der Waals surface area contributed by atoms with Crippen molar-refractivity contribution in [2.75, 3.05) is 6.61 Å². The van der Waals surface area contributed by atoms with Gasteiger partial charge >= 0.3 is 5.97 Å². The van der Waals surface area contributed by atoms with Gasteiger partial charge in [-0.3, -0.25) is 4.79 Å². The molecule has 2 rings (SSSR count). The predicted molar refractivity (Wildman–Crippen MR) is 31.8 cm³/mol. The van der Waals surface area contributed by atoms with Gasteiger partial charge in [-0.05, 0) is 0 Å². The van der Waals surface area contributed by atoms with Crippen LogP contribution in [0.3, 0.4) is 0 Å². The third-order valence-electron chi connectivity index (χ3n) is 1.90. The van der Waals surface area contributed by atoms with Gasteiger partial charge in [0.2, 0.25) is 5.79 Å². The molecule has 0 aromatic rings. The molecule has 0 spiro atoms. The van der Waals surface area contributed by atoms with E-state index in [1.54, 1.807) is 0 Å². The lowest BCUT2D eigenvalue weighted by molar-refractivity contribution is -0.212. The Labute approximate surface area is 66.7 Å². The number of aliphatic hydroxyl groups is 2. The zero-order valence-corrected chi connectivity index (χ0v) is 5.89. The second-order valence-corrected chi connectivity index (χ2v) is 2.80. The standard InChI is InChI=1S/C6H6O6/c7-2-3-4(12-5(2)8)6(9,10)1-11-3/h3-4,9-10H,1H2. The van der Waals surface area contributed by atoms with Crippen LogP contribution in [0.5, 0.6) is 0 Å². The molecule has 2 saturated heterocycles. The van der Waals surface area contributed by atoms with Gasteiger partial charge in [-0.25, -0.2) is 4.79 Å². The minimum absolute atomic E-state index is 0.415. The average molecular weight is 174 g/mol. The van der Waals surface area contributed by atoms with Crippen LogP contribution < -0.4 is 0 Å². The van der Waals surface area contributed by atoms with Gasteiger partial charge < -0.3 is 19.7 Å². The topological polar surface area (TPSA) is 93.1 Å². The Kier molecular flexibility index (Phi) is 1.30. The molecule has 2 N–H and O–H groups in total. The van der Waals surface area contributed by atoms with Crippen LogP contribution in [0.25, 0.3) is 0 Å². The molecule has 0 aliphatic carbocycles. The van der Waals surface area contributed by atoms with Crippen LogP contribution in [0.4, 0.5) is 0 Å². The molecule has 2 atom stereocenters. The first-order valence-corrected chi connectivity index (χ1v) is 3.33. The van der Waals surface area contributed by atoms with Crippen molar-refractivity contribution in [3.63, 3.8) is 0 Å². The summed E-state index contributed by atoms with van der Waals surface area (Å²) in [6.45, 7) is -0.415. The van der Waals surface area contributed by atoms with E-state index in [1.807, 2.05) is 0 Å². The van der Waals surface area contributed by atoms with E-state index in [9.17, 15) is 9.59 Å². The van der Waals surface area contributed by atoms with Crippen LogP contribution in [-0.4, -0.2) is 46.6 Å². The van der Waals surface area contributed by atoms with Crippen LogP contribution in [0.2, 0.25) is 0 Å². The zero-order chi connectivity index (χ0) is 8.93. The molecule has 6 heteroatoms. The van der Waals surface area contributed by atoms with E-state index in [1.165, 1.54) is 0 Å². The van der Waals surface area contributed by atoms with Crippen molar-refractivity contribution < 1.29 is 29.3 Å². The molecule has 6 nitrogen and oxygen atoms in total. The van der Waals surface area contributed by atoms with E-state index in [0.717, 1.165) is 0 Å². The third kappa shape index (κ3) is 0.795. The lowest BCUT2D eigenvalue weighted by Crippen LogP contribution is -2.43. The summed E-state index contributed by atoms with van der Waals surface area (Å²) in [5.74, 6) is -4.16. The van der Waals surface area contributed by atoms with Gasteiger partial charge in [-0.2, -0.15) is 0 Å². The zero-order valence-electron chi connectivity index (χ0n) is 5.89. The Morgan fingerprint density at radius 3 is 2.67 bits per heavy atom. The van der Waals surface area contributed by atoms with Crippen molar-refractivity contribution >= 4 is 11.8 Å². The molecule has 0 saturated carbocycles. The minimum Gasteiger partial charge on any atom is -0.447 e. The summed E-state index contributed by atoms with van der Waals surface area (Å²) in [6.07, 6.45) is -2.41. The van der Waals surface area contributed by atoms with Crippen LogP contribution in [-0.2, 0) is 19.1 Å². The summed E-state index contributed by atoms with van der Waals surface area (Å²) in [5, 5.41) is 18.2. The smallest absolute Gasteiger partial charge is 0.378 e. The molecular weight excluding hydrogens is 168 g/mol. The highest BCUT2D eigenvalue weighted by Gasteiger charge is 2.59. The van der Waals surface area contributed by atoms with Crippen molar-refractivity contribution in [1.82, 2.24) is 0 Å². The Hall–Kier alpha value is -0.980. The summed E-state index contributed by atoms with van der Waals surface area (Å²) in [5.41, 5.74) is 0. The maximum atomic E-state index is 10.9. The molecule has 2 aliphatic rings. The minimum atomic E-state index is -2.23. The van der Waals surface area contributed by atoms with Crippen molar-refractivity contribution in [3.05, 3.63) is 0 Å². The molecule has 66 valence electrons. The number of hydrogen-bond acceptors (Lipinski definition) is 6. The van der Waals surface area contributed by atoms with Gasteiger partial charge in [-0.1, -0.05) is 0 Å². The van der Waals surface area contributed by atoms with Gasteiger partial charge in [0.15, 0.2) is 12.2 Å². The van der Waals surface area contributed by atoms with Gasteiger partial charge in [-0.15, -0.1) is 0 Å². The third-order valence-corrected chi connectivity index (χ3v) is 1.90. The second kappa shape index (κ2) is 2.03. The van der Waals surface area contributed by atoms with E-state index in [0.29, 0.717) is 0 Å². The number of rotatable bonds is 0. The first-order valence-electron chi connectivity index (χ1n) is 3.33. The van der Waals surface area contributed by atoms with Crippen LogP contribution in [0.15, 0.2) is 0 Å². The second-order valence-electron chi connectivity index (χ2n) is 2.80. The van der Waals surface area contributed by atoms with Crippen molar-refractivity contribution in [1.29, 1.82) is 0 Å². The first-order chi connectivity index (χ1) is 5.52. The monoisotopic (exact) mass is 174 g/mol. The fourth-order valence-corrected chi connectivity index (χ4v) is 1.28. The molecule has 0 aromatic heterocycles. The molecule has 0 bridgehead atoms. The Morgan fingerprint density at radius 1 is 1.42 bits per heavy atom. The summed E-state index contributed by atoms with van der Waals surface area (Å²) in [4.78, 5) is 21.5. The summed E-state index contributed by atoms with van der Waals surface area (Å²) >= 11 is 0. The number of ether oxygens (including phenoxy) is 2. The highest BCUT2D eigenvalue weighted by Crippen LogP contribution is 2.30. The number of esters is 1. The van der Waals surface area contributed by atoms with E-state index in [-0.39, 0.29) is 0 Å². The number of hydrogen-bond donors (Lipinski definition) is 2. The van der Waals surface area contributed by atoms with Gasteiger partial charge in [0.1, 0.15) is 6.61 Å². The molecule has 2 unspecified atom stereocenters. The fraction of sp³-hybridized carbons (Fsp3) is 0.667. The molecule has 0 aromatic carbocycles. The van der Waals surface area contributed by atoms with Gasteiger partial charge in [0.05, 0.1) is 0 Å². The number of fused-ring (bicyclic) bond motifs is 1. The van der Waals surface area contributed by atoms with Crippen molar-refractivity contribution in [2.24, 2.45) is 0 Å². The molecule has 2 aliphatic heterocycles. The predicted octanol–water partition coefficient (Wildman–Crippen LogP) is -2.44. The normalized spacial score (nSPS) is 38.2. The van der Waals surface area contributed by atoms with E-state index in [2.05, 4.69) is 9.47 Å². The van der Waals surface area contributed by atoms with Gasteiger partial charge in [0.25, 0.3) is 5.78 Å². The van der Waals surface area contributed by atoms with Crippen LogP contribution >= 0.6 is 0 Å². The average Bonchev–Trinajstić information content (AvgIpc) is 2.40. The highest BCUT2D eigenvalue weighted by atomic mass is 16.7. The number of carbonyl (C=O) groups excluding carboxylic acids is 2. The van der Waals surface area contributed by atoms with Crippen molar-refractivity contribution in [3.8, 4) is 0 Å². The van der Waals surface area contributed by atoms with E-state index in [4.69, 9.17) is 10.2 Å². The Balaban J connectivity index is 2.30. The number of carbonyl (C=O) groups is 2. The fourth-order valence-electron chi connectivity index (χ4n) is 1.28. The highest BCUT2D eigenvalue weighted by molar-refractivity contribution is 6.37. The number of Topliss-reactive ketones (excluding diaryl/α,β-unsaturated/α-hetero) is 1. The Bertz CT molecular complexity index is 257. The first kappa shape index (κ1) is 7.66.